The van der Waals surface area contributed by atoms with Gasteiger partial charge in [-0.2, -0.15) is 0 Å². The van der Waals surface area contributed by atoms with Gasteiger partial charge < -0.3 is 15.4 Å². The normalized spacial score (nSPS) is 13.3. The van der Waals surface area contributed by atoms with E-state index in [1.54, 1.807) is 24.3 Å². The van der Waals surface area contributed by atoms with E-state index in [1.807, 2.05) is 49.9 Å². The number of benzene rings is 2. The van der Waals surface area contributed by atoms with Crippen molar-refractivity contribution in [3.05, 3.63) is 94.8 Å². The van der Waals surface area contributed by atoms with Gasteiger partial charge in [0.25, 0.3) is 0 Å². The number of hydrogen-bond acceptors (Lipinski definition) is 4. The highest BCUT2D eigenvalue weighted by molar-refractivity contribution is 6.31. The summed E-state index contributed by atoms with van der Waals surface area (Å²) in [5, 5.41) is 6.33. The number of hydrogen-bond donors (Lipinski definition) is 2. The summed E-state index contributed by atoms with van der Waals surface area (Å²) in [4.78, 5) is 26.8. The van der Waals surface area contributed by atoms with Gasteiger partial charge in [-0.05, 0) is 67.3 Å². The molecule has 2 rings (SSSR count). The number of carbonyl (C=O) groups excluding carboxylic acids is 2. The molecular formula is C31H38Cl2FN3O3. The zero-order chi connectivity index (χ0) is 29.5. The SMILES string of the molecule is C=C(Cl)/C=C\C=C(/F)C(C(C)C)C(C(=O)Nc1cccc(Cl)c1)N(CCCNC=O)Cc1cccc(OCC)c1. The first-order valence-electron chi connectivity index (χ1n) is 13.2. The summed E-state index contributed by atoms with van der Waals surface area (Å²) >= 11 is 12.0. The van der Waals surface area contributed by atoms with Gasteiger partial charge in [0, 0.05) is 41.3 Å². The predicted octanol–water partition coefficient (Wildman–Crippen LogP) is 7.12. The van der Waals surface area contributed by atoms with Crippen molar-refractivity contribution >= 4 is 41.2 Å². The monoisotopic (exact) mass is 589 g/mol. The van der Waals surface area contributed by atoms with Crippen LogP contribution in [0.1, 0.15) is 32.8 Å². The number of halogens is 3. The highest BCUT2D eigenvalue weighted by Gasteiger charge is 2.38. The summed E-state index contributed by atoms with van der Waals surface area (Å²) in [5.74, 6) is -1.18. The Hall–Kier alpha value is -3.13. The maximum Gasteiger partial charge on any atom is 0.242 e. The molecule has 2 aromatic rings. The first kappa shape index (κ1) is 33.1. The molecule has 0 heterocycles. The molecule has 0 bridgehead atoms. The van der Waals surface area contributed by atoms with Gasteiger partial charge in [-0.15, -0.1) is 0 Å². The van der Waals surface area contributed by atoms with Crippen LogP contribution in [0.3, 0.4) is 0 Å². The zero-order valence-corrected chi connectivity index (χ0v) is 24.7. The molecular weight excluding hydrogens is 552 g/mol. The molecule has 0 aliphatic heterocycles. The second-order valence-electron chi connectivity index (χ2n) is 9.55. The maximum atomic E-state index is 15.9. The van der Waals surface area contributed by atoms with Gasteiger partial charge in [0.2, 0.25) is 12.3 Å². The number of carbonyl (C=O) groups is 2. The van der Waals surface area contributed by atoms with Crippen molar-refractivity contribution in [1.82, 2.24) is 10.2 Å². The van der Waals surface area contributed by atoms with E-state index in [0.717, 1.165) is 5.56 Å². The zero-order valence-electron chi connectivity index (χ0n) is 23.2. The Morgan fingerprint density at radius 2 is 1.95 bits per heavy atom. The molecule has 2 unspecified atom stereocenters. The Kier molecular flexibility index (Phi) is 14.5. The van der Waals surface area contributed by atoms with Crippen LogP contribution in [0, 0.1) is 11.8 Å². The molecule has 0 saturated carbocycles. The lowest BCUT2D eigenvalue weighted by atomic mass is 9.84. The number of nitrogens with one attached hydrogen (secondary N) is 2. The van der Waals surface area contributed by atoms with Crippen LogP contribution in [-0.2, 0) is 16.1 Å². The van der Waals surface area contributed by atoms with Crippen molar-refractivity contribution in [3.63, 3.8) is 0 Å². The largest absolute Gasteiger partial charge is 0.494 e. The van der Waals surface area contributed by atoms with E-state index in [4.69, 9.17) is 27.9 Å². The molecule has 0 radical (unpaired) electrons. The maximum absolute atomic E-state index is 15.9. The first-order chi connectivity index (χ1) is 19.2. The lowest BCUT2D eigenvalue weighted by Gasteiger charge is -2.37. The van der Waals surface area contributed by atoms with Gasteiger partial charge >= 0.3 is 0 Å². The predicted molar refractivity (Wildman–Crippen MR) is 162 cm³/mol. The highest BCUT2D eigenvalue weighted by Crippen LogP contribution is 2.32. The van der Waals surface area contributed by atoms with Crippen LogP contribution in [0.2, 0.25) is 5.02 Å². The van der Waals surface area contributed by atoms with Crippen LogP contribution in [0.5, 0.6) is 5.75 Å². The molecule has 216 valence electrons. The third kappa shape index (κ3) is 11.2. The molecule has 6 nitrogen and oxygen atoms in total. The van der Waals surface area contributed by atoms with Gasteiger partial charge in [-0.3, -0.25) is 14.5 Å². The summed E-state index contributed by atoms with van der Waals surface area (Å²) in [6, 6.07) is 13.5. The van der Waals surface area contributed by atoms with Crippen LogP contribution in [-0.4, -0.2) is 43.0 Å². The van der Waals surface area contributed by atoms with Crippen molar-refractivity contribution < 1.29 is 18.7 Å². The smallest absolute Gasteiger partial charge is 0.242 e. The number of allylic oxidation sites excluding steroid dienone is 4. The van der Waals surface area contributed by atoms with Crippen LogP contribution in [0.25, 0.3) is 0 Å². The molecule has 0 aliphatic rings. The average molecular weight is 591 g/mol. The van der Waals surface area contributed by atoms with E-state index >= 15 is 4.39 Å². The molecule has 2 atom stereocenters. The average Bonchev–Trinajstić information content (AvgIpc) is 2.89. The van der Waals surface area contributed by atoms with Gasteiger partial charge in [-0.25, -0.2) is 4.39 Å². The van der Waals surface area contributed by atoms with Crippen molar-refractivity contribution in [3.8, 4) is 5.75 Å². The lowest BCUT2D eigenvalue weighted by molar-refractivity contribution is -0.124. The Morgan fingerprint density at radius 3 is 2.60 bits per heavy atom. The molecule has 0 aliphatic carbocycles. The molecule has 40 heavy (non-hydrogen) atoms. The minimum Gasteiger partial charge on any atom is -0.494 e. The Morgan fingerprint density at radius 1 is 1.20 bits per heavy atom. The standard InChI is InChI=1S/C31H38Cl2FN3O3/c1-5-40-27-14-7-11-24(18-27)20-37(17-9-16-35-21-38)30(31(39)36-26-13-8-12-25(33)19-26)29(22(2)3)28(34)15-6-10-23(4)32/h6-8,10-15,18-19,21-22,29-30H,4-5,9,16-17,20H2,1-3H3,(H,35,38)(H,36,39)/b10-6-,28-15-. The van der Waals surface area contributed by atoms with Gasteiger partial charge in [0.15, 0.2) is 0 Å². The molecule has 0 fully saturated rings. The fourth-order valence-electron chi connectivity index (χ4n) is 4.42. The van der Waals surface area contributed by atoms with Crippen molar-refractivity contribution in [1.29, 1.82) is 0 Å². The molecule has 0 saturated heterocycles. The number of rotatable bonds is 17. The first-order valence-corrected chi connectivity index (χ1v) is 14.0. The van der Waals surface area contributed by atoms with E-state index in [2.05, 4.69) is 17.2 Å². The summed E-state index contributed by atoms with van der Waals surface area (Å²) in [7, 11) is 0. The van der Waals surface area contributed by atoms with Gasteiger partial charge in [0.05, 0.1) is 12.6 Å². The van der Waals surface area contributed by atoms with Crippen molar-refractivity contribution in [2.75, 3.05) is 25.0 Å². The van der Waals surface area contributed by atoms with E-state index in [0.29, 0.717) is 55.5 Å². The summed E-state index contributed by atoms with van der Waals surface area (Å²) in [6.07, 6.45) is 5.47. The minimum atomic E-state index is -0.908. The molecule has 9 heteroatoms. The number of nitrogens with zero attached hydrogens (tertiary/aromatic N) is 1. The quantitative estimate of drug-likeness (QED) is 0.117. The molecule has 2 amide bonds. The van der Waals surface area contributed by atoms with Crippen molar-refractivity contribution in [2.45, 2.75) is 39.8 Å². The van der Waals surface area contributed by atoms with Gasteiger partial charge in [-0.1, -0.05) is 67.9 Å². The van der Waals surface area contributed by atoms with E-state index in [1.165, 1.54) is 18.2 Å². The van der Waals surface area contributed by atoms with E-state index in [9.17, 15) is 9.59 Å². The molecule has 2 aromatic carbocycles. The highest BCUT2D eigenvalue weighted by atomic mass is 35.5. The van der Waals surface area contributed by atoms with Crippen LogP contribution < -0.4 is 15.4 Å². The second kappa shape index (κ2) is 17.5. The number of anilines is 1. The Balaban J connectivity index is 2.58. The summed E-state index contributed by atoms with van der Waals surface area (Å²) < 4.78 is 21.6. The van der Waals surface area contributed by atoms with Crippen molar-refractivity contribution in [2.24, 2.45) is 11.8 Å². The third-order valence-corrected chi connectivity index (χ3v) is 6.47. The lowest BCUT2D eigenvalue weighted by Crippen LogP contribution is -2.50. The van der Waals surface area contributed by atoms with Gasteiger partial charge in [0.1, 0.15) is 11.6 Å². The van der Waals surface area contributed by atoms with E-state index < -0.39 is 17.8 Å². The Bertz CT molecular complexity index is 1190. The summed E-state index contributed by atoms with van der Waals surface area (Å²) in [6.45, 7) is 11.0. The number of amides is 2. The third-order valence-electron chi connectivity index (χ3n) is 6.11. The fourth-order valence-corrected chi connectivity index (χ4v) is 4.69. The molecule has 2 N–H and O–H groups in total. The number of ether oxygens (including phenoxy) is 1. The summed E-state index contributed by atoms with van der Waals surface area (Å²) in [5.41, 5.74) is 1.41. The van der Waals surface area contributed by atoms with Crippen LogP contribution >= 0.6 is 23.2 Å². The van der Waals surface area contributed by atoms with E-state index in [-0.39, 0.29) is 16.9 Å². The van der Waals surface area contributed by atoms with Crippen LogP contribution in [0.15, 0.2) is 84.2 Å². The Labute approximate surface area is 246 Å². The second-order valence-corrected chi connectivity index (χ2v) is 10.5. The minimum absolute atomic E-state index is 0.246. The van der Waals surface area contributed by atoms with Crippen LogP contribution in [0.4, 0.5) is 10.1 Å². The topological polar surface area (TPSA) is 70.7 Å². The fraction of sp³-hybridized carbons (Fsp3) is 0.355. The molecule has 0 spiro atoms. The molecule has 0 aromatic heterocycles.